The van der Waals surface area contributed by atoms with Gasteiger partial charge in [-0.1, -0.05) is 42.8 Å². The van der Waals surface area contributed by atoms with E-state index in [1.807, 2.05) is 30.3 Å². The maximum atomic E-state index is 13.2. The van der Waals surface area contributed by atoms with Crippen molar-refractivity contribution in [1.82, 2.24) is 9.62 Å². The Bertz CT molecular complexity index is 789. The summed E-state index contributed by atoms with van der Waals surface area (Å²) in [5.41, 5.74) is 0.846. The molecule has 0 aliphatic carbocycles. The van der Waals surface area contributed by atoms with E-state index in [4.69, 9.17) is 0 Å². The molecule has 5 nitrogen and oxygen atoms in total. The minimum absolute atomic E-state index is 0.109. The Kier molecular flexibility index (Phi) is 5.88. The first-order valence-corrected chi connectivity index (χ1v) is 10.8. The Labute approximate surface area is 152 Å². The van der Waals surface area contributed by atoms with Gasteiger partial charge in [-0.2, -0.15) is 4.31 Å². The van der Waals surface area contributed by atoms with Crippen LogP contribution >= 0.6 is 11.3 Å². The third-order valence-electron chi connectivity index (χ3n) is 4.35. The van der Waals surface area contributed by atoms with Gasteiger partial charge in [-0.05, 0) is 29.9 Å². The van der Waals surface area contributed by atoms with Crippen molar-refractivity contribution in [3.05, 3.63) is 53.4 Å². The van der Waals surface area contributed by atoms with Crippen molar-refractivity contribution in [3.8, 4) is 0 Å². The van der Waals surface area contributed by atoms with E-state index in [1.165, 1.54) is 15.6 Å². The Hall–Kier alpha value is -1.70. The Balaban J connectivity index is 2.02. The minimum Gasteiger partial charge on any atom is -0.356 e. The van der Waals surface area contributed by atoms with Gasteiger partial charge >= 0.3 is 0 Å². The Morgan fingerprint density at radius 1 is 1.04 bits per heavy atom. The van der Waals surface area contributed by atoms with Crippen LogP contribution in [-0.4, -0.2) is 31.7 Å². The van der Waals surface area contributed by atoms with Gasteiger partial charge in [0.15, 0.2) is 0 Å². The molecule has 1 aromatic heterocycles. The lowest BCUT2D eigenvalue weighted by Gasteiger charge is -2.31. The second-order valence-electron chi connectivity index (χ2n) is 6.09. The molecule has 3 rings (SSSR count). The van der Waals surface area contributed by atoms with Crippen LogP contribution in [-0.2, 0) is 14.8 Å². The van der Waals surface area contributed by atoms with Gasteiger partial charge in [-0.15, -0.1) is 11.3 Å². The summed E-state index contributed by atoms with van der Waals surface area (Å²) in [7, 11) is -3.64. The SMILES string of the molecule is O=C1CC(c2ccccc2)N(S(=O)(=O)c2cccs2)CCCCCN1. The second kappa shape index (κ2) is 8.12. The number of carbonyl (C=O) groups excluding carboxylic acids is 1. The van der Waals surface area contributed by atoms with E-state index in [-0.39, 0.29) is 12.3 Å². The summed E-state index contributed by atoms with van der Waals surface area (Å²) in [5.74, 6) is -0.109. The molecule has 1 saturated heterocycles. The lowest BCUT2D eigenvalue weighted by atomic mass is 10.0. The number of hydrogen-bond acceptors (Lipinski definition) is 4. The zero-order valence-electron chi connectivity index (χ0n) is 13.9. The average molecular weight is 379 g/mol. The zero-order valence-corrected chi connectivity index (χ0v) is 15.6. The van der Waals surface area contributed by atoms with Crippen molar-refractivity contribution >= 4 is 27.3 Å². The number of carbonyl (C=O) groups is 1. The van der Waals surface area contributed by atoms with Gasteiger partial charge in [0.1, 0.15) is 4.21 Å². The molecule has 25 heavy (non-hydrogen) atoms. The van der Waals surface area contributed by atoms with E-state index in [9.17, 15) is 13.2 Å². The molecule has 1 atom stereocenters. The number of hydrogen-bond donors (Lipinski definition) is 1. The summed E-state index contributed by atoms with van der Waals surface area (Å²) in [6, 6.07) is 12.3. The fraction of sp³-hybridized carbons (Fsp3) is 0.389. The van der Waals surface area contributed by atoms with Crippen LogP contribution in [0.4, 0.5) is 0 Å². The standard InChI is InChI=1S/C18H22N2O3S2/c21-17-14-16(15-8-3-1-4-9-15)20(12-6-2-5-11-19-17)25(22,23)18-10-7-13-24-18/h1,3-4,7-10,13,16H,2,5-6,11-12,14H2,(H,19,21). The van der Waals surface area contributed by atoms with Gasteiger partial charge in [0, 0.05) is 19.5 Å². The topological polar surface area (TPSA) is 66.5 Å². The van der Waals surface area contributed by atoms with E-state index in [2.05, 4.69) is 5.32 Å². The van der Waals surface area contributed by atoms with Crippen molar-refractivity contribution in [2.24, 2.45) is 0 Å². The minimum atomic E-state index is -3.64. The normalized spacial score (nSPS) is 20.8. The molecule has 0 saturated carbocycles. The molecule has 1 fully saturated rings. The maximum Gasteiger partial charge on any atom is 0.253 e. The van der Waals surface area contributed by atoms with Crippen LogP contribution in [0.25, 0.3) is 0 Å². The van der Waals surface area contributed by atoms with E-state index < -0.39 is 16.1 Å². The Morgan fingerprint density at radius 2 is 1.84 bits per heavy atom. The predicted molar refractivity (Wildman–Crippen MR) is 98.9 cm³/mol. The van der Waals surface area contributed by atoms with E-state index in [1.54, 1.807) is 17.5 Å². The summed E-state index contributed by atoms with van der Waals surface area (Å²) in [4.78, 5) is 12.3. The summed E-state index contributed by atoms with van der Waals surface area (Å²) in [6.07, 6.45) is 2.67. The van der Waals surface area contributed by atoms with Crippen LogP contribution in [0.1, 0.15) is 37.3 Å². The van der Waals surface area contributed by atoms with Crippen molar-refractivity contribution in [2.45, 2.75) is 35.9 Å². The maximum absolute atomic E-state index is 13.2. The number of thiophene rings is 1. The zero-order chi connectivity index (χ0) is 17.7. The number of amides is 1. The van der Waals surface area contributed by atoms with Gasteiger partial charge in [0.25, 0.3) is 10.0 Å². The highest BCUT2D eigenvalue weighted by atomic mass is 32.2. The molecular formula is C18H22N2O3S2. The molecule has 0 bridgehead atoms. The fourth-order valence-electron chi connectivity index (χ4n) is 3.08. The third kappa shape index (κ3) is 4.29. The molecule has 1 aromatic carbocycles. The van der Waals surface area contributed by atoms with Gasteiger partial charge in [0.05, 0.1) is 6.04 Å². The van der Waals surface area contributed by atoms with Crippen LogP contribution in [0.5, 0.6) is 0 Å². The van der Waals surface area contributed by atoms with Gasteiger partial charge in [-0.25, -0.2) is 8.42 Å². The van der Waals surface area contributed by atoms with Crippen LogP contribution in [0.15, 0.2) is 52.1 Å². The average Bonchev–Trinajstić information content (AvgIpc) is 3.16. The van der Waals surface area contributed by atoms with Gasteiger partial charge in [-0.3, -0.25) is 4.79 Å². The molecular weight excluding hydrogens is 356 g/mol. The molecule has 0 spiro atoms. The molecule has 1 amide bonds. The fourth-order valence-corrected chi connectivity index (χ4v) is 5.85. The van der Waals surface area contributed by atoms with Crippen molar-refractivity contribution in [2.75, 3.05) is 13.1 Å². The van der Waals surface area contributed by atoms with Gasteiger partial charge < -0.3 is 5.32 Å². The molecule has 2 heterocycles. The third-order valence-corrected chi connectivity index (χ3v) is 7.63. The summed E-state index contributed by atoms with van der Waals surface area (Å²) in [6.45, 7) is 1.07. The highest BCUT2D eigenvalue weighted by molar-refractivity contribution is 7.91. The van der Waals surface area contributed by atoms with E-state index in [0.717, 1.165) is 24.8 Å². The number of rotatable bonds is 3. The molecule has 1 unspecified atom stereocenters. The second-order valence-corrected chi connectivity index (χ2v) is 9.15. The Morgan fingerprint density at radius 3 is 2.56 bits per heavy atom. The molecule has 1 aliphatic rings. The molecule has 1 aliphatic heterocycles. The smallest absolute Gasteiger partial charge is 0.253 e. The molecule has 0 radical (unpaired) electrons. The molecule has 134 valence electrons. The lowest BCUT2D eigenvalue weighted by Crippen LogP contribution is -2.39. The highest BCUT2D eigenvalue weighted by Gasteiger charge is 2.34. The number of sulfonamides is 1. The predicted octanol–water partition coefficient (Wildman–Crippen LogP) is 3.17. The van der Waals surface area contributed by atoms with Crippen molar-refractivity contribution in [3.63, 3.8) is 0 Å². The first-order valence-electron chi connectivity index (χ1n) is 8.46. The number of benzene rings is 1. The molecule has 2 aromatic rings. The first-order chi connectivity index (χ1) is 12.1. The highest BCUT2D eigenvalue weighted by Crippen LogP contribution is 2.32. The van der Waals surface area contributed by atoms with Crippen LogP contribution in [0, 0.1) is 0 Å². The van der Waals surface area contributed by atoms with Crippen molar-refractivity contribution < 1.29 is 13.2 Å². The molecule has 7 heteroatoms. The van der Waals surface area contributed by atoms with Crippen molar-refractivity contribution in [1.29, 1.82) is 0 Å². The monoisotopic (exact) mass is 378 g/mol. The summed E-state index contributed by atoms with van der Waals surface area (Å²) < 4.78 is 28.3. The lowest BCUT2D eigenvalue weighted by molar-refractivity contribution is -0.122. The summed E-state index contributed by atoms with van der Waals surface area (Å²) in [5, 5.41) is 4.66. The van der Waals surface area contributed by atoms with Gasteiger partial charge in [0.2, 0.25) is 5.91 Å². The quantitative estimate of drug-likeness (QED) is 0.892. The number of nitrogens with zero attached hydrogens (tertiary/aromatic N) is 1. The van der Waals surface area contributed by atoms with Crippen LogP contribution in [0.2, 0.25) is 0 Å². The van der Waals surface area contributed by atoms with Crippen LogP contribution in [0.3, 0.4) is 0 Å². The number of nitrogens with one attached hydrogen (secondary N) is 1. The first kappa shape index (κ1) is 18.1. The van der Waals surface area contributed by atoms with E-state index in [0.29, 0.717) is 17.3 Å². The van der Waals surface area contributed by atoms with Crippen LogP contribution < -0.4 is 5.32 Å². The molecule has 1 N–H and O–H groups in total. The summed E-state index contributed by atoms with van der Waals surface area (Å²) >= 11 is 1.21. The van der Waals surface area contributed by atoms with E-state index >= 15 is 0 Å². The largest absolute Gasteiger partial charge is 0.356 e.